The second-order valence-corrected chi connectivity index (χ2v) is 10.7. The molecule has 1 N–H and O–H groups in total. The molecule has 1 amide bonds. The number of hydrogen-bond acceptors (Lipinski definition) is 7. The molecule has 0 bridgehead atoms. The number of hydrogen-bond donors (Lipinski definition) is 1. The average Bonchev–Trinajstić information content (AvgIpc) is 3.21. The van der Waals surface area contributed by atoms with Crippen LogP contribution in [-0.2, 0) is 26.8 Å². The Morgan fingerprint density at radius 1 is 1.15 bits per heavy atom. The van der Waals surface area contributed by atoms with Crippen molar-refractivity contribution in [3.63, 3.8) is 0 Å². The van der Waals surface area contributed by atoms with Gasteiger partial charge in [-0.05, 0) is 29.2 Å². The minimum Gasteiger partial charge on any atom is -0.495 e. The molecule has 0 radical (unpaired) electrons. The summed E-state index contributed by atoms with van der Waals surface area (Å²) in [5, 5.41) is 6.56. The number of carbonyl (C=O) groups is 1. The maximum atomic E-state index is 13.1. The standard InChI is InChI=1S/C23H28N4O5S/c1-15(28)24-19-13-18(11-12-20(19)31-6)33(29,30)27(5)14-21-25-22(26-32-21)16-7-9-17(10-8-16)23(2,3)4/h7-13H,14H2,1-6H3,(H,24,28). The third-order valence-corrected chi connectivity index (χ3v) is 6.82. The van der Waals surface area contributed by atoms with Crippen LogP contribution in [0.4, 0.5) is 5.69 Å². The van der Waals surface area contributed by atoms with Crippen molar-refractivity contribution in [2.24, 2.45) is 0 Å². The number of rotatable bonds is 7. The first kappa shape index (κ1) is 24.4. The third kappa shape index (κ3) is 5.58. The Labute approximate surface area is 193 Å². The van der Waals surface area contributed by atoms with Gasteiger partial charge in [0, 0.05) is 19.5 Å². The summed E-state index contributed by atoms with van der Waals surface area (Å²) in [6.07, 6.45) is 0. The minimum atomic E-state index is -3.90. The van der Waals surface area contributed by atoms with E-state index in [4.69, 9.17) is 9.26 Å². The van der Waals surface area contributed by atoms with Gasteiger partial charge in [0.05, 0.1) is 24.2 Å². The van der Waals surface area contributed by atoms with Gasteiger partial charge in [-0.15, -0.1) is 0 Å². The van der Waals surface area contributed by atoms with Crippen molar-refractivity contribution < 1.29 is 22.5 Å². The van der Waals surface area contributed by atoms with E-state index in [0.717, 1.165) is 9.87 Å². The topological polar surface area (TPSA) is 115 Å². The lowest BCUT2D eigenvalue weighted by Crippen LogP contribution is -2.26. The van der Waals surface area contributed by atoms with Crippen molar-refractivity contribution in [1.29, 1.82) is 0 Å². The molecular formula is C23H28N4O5S. The SMILES string of the molecule is COc1ccc(S(=O)(=O)N(C)Cc2nc(-c3ccc(C(C)(C)C)cc3)no2)cc1NC(C)=O. The summed E-state index contributed by atoms with van der Waals surface area (Å²) < 4.78 is 37.7. The molecule has 0 atom stereocenters. The predicted octanol–water partition coefficient (Wildman–Crippen LogP) is 3.82. The van der Waals surface area contributed by atoms with Crippen LogP contribution < -0.4 is 10.1 Å². The maximum Gasteiger partial charge on any atom is 0.243 e. The van der Waals surface area contributed by atoms with Crippen LogP contribution in [0.5, 0.6) is 5.75 Å². The Hall–Kier alpha value is -3.24. The molecule has 10 heteroatoms. The summed E-state index contributed by atoms with van der Waals surface area (Å²) in [6, 6.07) is 12.1. The molecule has 3 aromatic rings. The minimum absolute atomic E-state index is 0.00735. The summed E-state index contributed by atoms with van der Waals surface area (Å²) in [4.78, 5) is 15.8. The third-order valence-electron chi connectivity index (χ3n) is 5.02. The van der Waals surface area contributed by atoms with Crippen LogP contribution in [0.25, 0.3) is 11.4 Å². The molecule has 9 nitrogen and oxygen atoms in total. The summed E-state index contributed by atoms with van der Waals surface area (Å²) in [5.41, 5.74) is 2.25. The number of amides is 1. The Morgan fingerprint density at radius 2 is 1.82 bits per heavy atom. The molecule has 3 rings (SSSR count). The predicted molar refractivity (Wildman–Crippen MR) is 124 cm³/mol. The van der Waals surface area contributed by atoms with E-state index in [-0.39, 0.29) is 34.3 Å². The number of nitrogens with one attached hydrogen (secondary N) is 1. The number of aromatic nitrogens is 2. The Bertz CT molecular complexity index is 1240. The highest BCUT2D eigenvalue weighted by atomic mass is 32.2. The second kappa shape index (κ2) is 9.32. The Balaban J connectivity index is 1.79. The maximum absolute atomic E-state index is 13.1. The van der Waals surface area contributed by atoms with E-state index < -0.39 is 10.0 Å². The molecule has 0 unspecified atom stereocenters. The summed E-state index contributed by atoms with van der Waals surface area (Å²) in [7, 11) is -1.05. The van der Waals surface area contributed by atoms with E-state index in [1.807, 2.05) is 24.3 Å². The summed E-state index contributed by atoms with van der Waals surface area (Å²) in [5.74, 6) is 0.552. The van der Waals surface area contributed by atoms with Crippen LogP contribution >= 0.6 is 0 Å². The molecule has 176 valence electrons. The Morgan fingerprint density at radius 3 is 2.39 bits per heavy atom. The number of methoxy groups -OCH3 is 1. The molecule has 0 spiro atoms. The van der Waals surface area contributed by atoms with Gasteiger partial charge in [0.25, 0.3) is 0 Å². The number of benzene rings is 2. The first-order valence-corrected chi connectivity index (χ1v) is 11.7. The van der Waals surface area contributed by atoms with Crippen LogP contribution in [0.2, 0.25) is 0 Å². The highest BCUT2D eigenvalue weighted by Gasteiger charge is 2.25. The monoisotopic (exact) mass is 472 g/mol. The number of sulfonamides is 1. The fraction of sp³-hybridized carbons (Fsp3) is 0.348. The van der Waals surface area contributed by atoms with Gasteiger partial charge in [0.2, 0.25) is 27.6 Å². The smallest absolute Gasteiger partial charge is 0.243 e. The van der Waals surface area contributed by atoms with Crippen molar-refractivity contribution in [2.45, 2.75) is 44.6 Å². The van der Waals surface area contributed by atoms with E-state index >= 15 is 0 Å². The van der Waals surface area contributed by atoms with Gasteiger partial charge in [0.1, 0.15) is 5.75 Å². The lowest BCUT2D eigenvalue weighted by molar-refractivity contribution is -0.114. The van der Waals surface area contributed by atoms with Crippen LogP contribution in [0.1, 0.15) is 39.1 Å². The molecule has 1 heterocycles. The van der Waals surface area contributed by atoms with Gasteiger partial charge < -0.3 is 14.6 Å². The lowest BCUT2D eigenvalue weighted by Gasteiger charge is -2.18. The van der Waals surface area contributed by atoms with E-state index in [2.05, 4.69) is 36.2 Å². The zero-order valence-electron chi connectivity index (χ0n) is 19.5. The van der Waals surface area contributed by atoms with Gasteiger partial charge in [-0.3, -0.25) is 4.79 Å². The van der Waals surface area contributed by atoms with E-state index in [9.17, 15) is 13.2 Å². The van der Waals surface area contributed by atoms with Crippen molar-refractivity contribution >= 4 is 21.6 Å². The largest absolute Gasteiger partial charge is 0.495 e. The highest BCUT2D eigenvalue weighted by molar-refractivity contribution is 7.89. The lowest BCUT2D eigenvalue weighted by atomic mass is 9.87. The molecule has 0 fully saturated rings. The summed E-state index contributed by atoms with van der Waals surface area (Å²) in [6.45, 7) is 7.61. The zero-order chi connectivity index (χ0) is 24.4. The molecule has 0 aliphatic carbocycles. The highest BCUT2D eigenvalue weighted by Crippen LogP contribution is 2.29. The number of ether oxygens (including phenoxy) is 1. The van der Waals surface area contributed by atoms with E-state index in [1.165, 1.54) is 44.8 Å². The molecule has 0 saturated heterocycles. The first-order valence-electron chi connectivity index (χ1n) is 10.3. The molecule has 33 heavy (non-hydrogen) atoms. The first-order chi connectivity index (χ1) is 15.4. The number of carbonyl (C=O) groups excluding carboxylic acids is 1. The molecular weight excluding hydrogens is 444 g/mol. The van der Waals surface area contributed by atoms with Crippen molar-refractivity contribution in [1.82, 2.24) is 14.4 Å². The molecule has 0 saturated carbocycles. The van der Waals surface area contributed by atoms with Gasteiger partial charge >= 0.3 is 0 Å². The van der Waals surface area contributed by atoms with Crippen molar-refractivity contribution in [3.05, 3.63) is 53.9 Å². The second-order valence-electron chi connectivity index (χ2n) is 8.64. The van der Waals surface area contributed by atoms with Crippen LogP contribution in [-0.4, -0.2) is 42.9 Å². The number of anilines is 1. The quantitative estimate of drug-likeness (QED) is 0.556. The zero-order valence-corrected chi connectivity index (χ0v) is 20.4. The molecule has 1 aromatic heterocycles. The summed E-state index contributed by atoms with van der Waals surface area (Å²) >= 11 is 0. The van der Waals surface area contributed by atoms with Gasteiger partial charge in [-0.2, -0.15) is 9.29 Å². The Kier molecular flexibility index (Phi) is 6.89. The van der Waals surface area contributed by atoms with Crippen LogP contribution in [0.15, 0.2) is 51.9 Å². The van der Waals surface area contributed by atoms with Crippen LogP contribution in [0.3, 0.4) is 0 Å². The normalized spacial score (nSPS) is 12.1. The van der Waals surface area contributed by atoms with Gasteiger partial charge in [-0.25, -0.2) is 8.42 Å². The van der Waals surface area contributed by atoms with E-state index in [0.29, 0.717) is 11.6 Å². The molecule has 0 aliphatic heterocycles. The number of nitrogens with zero attached hydrogens (tertiary/aromatic N) is 3. The van der Waals surface area contributed by atoms with Crippen molar-refractivity contribution in [2.75, 3.05) is 19.5 Å². The molecule has 0 aliphatic rings. The average molecular weight is 473 g/mol. The van der Waals surface area contributed by atoms with Gasteiger partial charge in [-0.1, -0.05) is 50.2 Å². The fourth-order valence-corrected chi connectivity index (χ4v) is 4.29. The van der Waals surface area contributed by atoms with E-state index in [1.54, 1.807) is 0 Å². The van der Waals surface area contributed by atoms with Crippen LogP contribution in [0, 0.1) is 0 Å². The molecule has 2 aromatic carbocycles. The van der Waals surface area contributed by atoms with Gasteiger partial charge in [0.15, 0.2) is 0 Å². The van der Waals surface area contributed by atoms with Crippen molar-refractivity contribution in [3.8, 4) is 17.1 Å². The fourth-order valence-electron chi connectivity index (χ4n) is 3.15.